The molecule has 0 aliphatic heterocycles. The topological polar surface area (TPSA) is 106 Å². The molecule has 0 aromatic carbocycles. The predicted molar refractivity (Wildman–Crippen MR) is 43.5 cm³/mol. The second kappa shape index (κ2) is 4.18. The molecule has 1 atom stereocenters. The molecule has 0 amide bonds. The van der Waals surface area contributed by atoms with Crippen molar-refractivity contribution in [1.82, 2.24) is 0 Å². The highest BCUT2D eigenvalue weighted by Crippen LogP contribution is 2.10. The maximum absolute atomic E-state index is 10.9. The summed E-state index contributed by atoms with van der Waals surface area (Å²) in [5, 5.41) is 8.64. The summed E-state index contributed by atoms with van der Waals surface area (Å²) in [6.07, 6.45) is 0.524. The van der Waals surface area contributed by atoms with E-state index in [4.69, 9.17) is 16.6 Å². The van der Waals surface area contributed by atoms with Crippen LogP contribution in [-0.2, 0) is 9.59 Å². The first-order valence-electron chi connectivity index (χ1n) is 3.68. The van der Waals surface area contributed by atoms with Crippen molar-refractivity contribution in [2.75, 3.05) is 6.54 Å². The maximum Gasteiger partial charge on any atom is 0.331 e. The Morgan fingerprint density at radius 2 is 2.00 bits per heavy atom. The van der Waals surface area contributed by atoms with Gasteiger partial charge < -0.3 is 16.6 Å². The number of carbonyl (C=O) groups excluding carboxylic acids is 1. The number of ketones is 1. The van der Waals surface area contributed by atoms with Crippen molar-refractivity contribution < 1.29 is 14.7 Å². The number of hydrogen-bond donors (Lipinski definition) is 3. The Bertz CT molecular complexity index is 177. The highest BCUT2D eigenvalue weighted by molar-refractivity contribution is 6.06. The fraction of sp³-hybridized carbons (Fsp3) is 0.714. The van der Waals surface area contributed by atoms with E-state index in [9.17, 15) is 9.59 Å². The lowest BCUT2D eigenvalue weighted by Gasteiger charge is -2.20. The molecule has 0 unspecified atom stereocenters. The van der Waals surface area contributed by atoms with Crippen molar-refractivity contribution in [1.29, 1.82) is 0 Å². The van der Waals surface area contributed by atoms with Gasteiger partial charge in [-0.3, -0.25) is 4.79 Å². The van der Waals surface area contributed by atoms with Gasteiger partial charge in [-0.15, -0.1) is 0 Å². The molecular formula is C7H14N2O3. The molecule has 0 aliphatic rings. The van der Waals surface area contributed by atoms with Crippen LogP contribution in [0.25, 0.3) is 0 Å². The molecule has 0 aliphatic carbocycles. The Morgan fingerprint density at radius 1 is 1.50 bits per heavy atom. The minimum Gasteiger partial charge on any atom is -0.480 e. The fourth-order valence-corrected chi connectivity index (χ4v) is 0.814. The third-order valence-corrected chi connectivity index (χ3v) is 1.79. The molecule has 0 aromatic rings. The molecule has 0 spiro atoms. The van der Waals surface area contributed by atoms with Crippen molar-refractivity contribution in [2.24, 2.45) is 11.5 Å². The summed E-state index contributed by atoms with van der Waals surface area (Å²) in [6, 6.07) is 0. The molecule has 0 heterocycles. The van der Waals surface area contributed by atoms with E-state index in [0.29, 0.717) is 13.0 Å². The number of hydrogen-bond acceptors (Lipinski definition) is 4. The molecule has 5 heteroatoms. The normalized spacial score (nSPS) is 15.2. The van der Waals surface area contributed by atoms with Gasteiger partial charge in [0.2, 0.25) is 0 Å². The van der Waals surface area contributed by atoms with Gasteiger partial charge in [0.15, 0.2) is 11.3 Å². The summed E-state index contributed by atoms with van der Waals surface area (Å²) in [5.41, 5.74) is 8.79. The Morgan fingerprint density at radius 3 is 2.25 bits per heavy atom. The number of aliphatic carboxylic acids is 1. The lowest BCUT2D eigenvalue weighted by molar-refractivity contribution is -0.148. The van der Waals surface area contributed by atoms with Crippen LogP contribution in [0.5, 0.6) is 0 Å². The minimum atomic E-state index is -1.75. The number of Topliss-reactive ketones (excluding diaryl/α,β-unsaturated/α-hetero) is 1. The van der Waals surface area contributed by atoms with Gasteiger partial charge in [-0.2, -0.15) is 0 Å². The van der Waals surface area contributed by atoms with Crippen molar-refractivity contribution in [3.63, 3.8) is 0 Å². The van der Waals surface area contributed by atoms with Gasteiger partial charge in [0.25, 0.3) is 0 Å². The van der Waals surface area contributed by atoms with E-state index >= 15 is 0 Å². The molecule has 0 saturated heterocycles. The largest absolute Gasteiger partial charge is 0.480 e. The number of carbonyl (C=O) groups is 2. The van der Waals surface area contributed by atoms with Crippen LogP contribution < -0.4 is 11.5 Å². The van der Waals surface area contributed by atoms with Crippen LogP contribution in [0.2, 0.25) is 0 Å². The third kappa shape index (κ3) is 2.28. The summed E-state index contributed by atoms with van der Waals surface area (Å²) in [5.74, 6) is -1.83. The summed E-state index contributed by atoms with van der Waals surface area (Å²) >= 11 is 0. The van der Waals surface area contributed by atoms with Crippen molar-refractivity contribution in [3.8, 4) is 0 Å². The molecule has 0 aromatic heterocycles. The monoisotopic (exact) mass is 174 g/mol. The van der Waals surface area contributed by atoms with Gasteiger partial charge >= 0.3 is 5.97 Å². The molecule has 5 N–H and O–H groups in total. The number of carboxylic acids is 1. The second-order valence-electron chi connectivity index (χ2n) is 2.72. The van der Waals surface area contributed by atoms with Crippen LogP contribution in [-0.4, -0.2) is 28.9 Å². The first-order chi connectivity index (χ1) is 5.45. The molecular weight excluding hydrogens is 160 g/mol. The van der Waals surface area contributed by atoms with E-state index in [-0.39, 0.29) is 6.42 Å². The van der Waals surface area contributed by atoms with E-state index in [0.717, 1.165) is 0 Å². The quantitative estimate of drug-likeness (QED) is 0.468. The highest BCUT2D eigenvalue weighted by atomic mass is 16.4. The van der Waals surface area contributed by atoms with Gasteiger partial charge in [-0.25, -0.2) is 4.79 Å². The van der Waals surface area contributed by atoms with Gasteiger partial charge in [-0.05, 0) is 26.3 Å². The Kier molecular flexibility index (Phi) is 3.85. The van der Waals surface area contributed by atoms with E-state index < -0.39 is 17.3 Å². The zero-order valence-corrected chi connectivity index (χ0v) is 7.04. The van der Waals surface area contributed by atoms with Crippen molar-refractivity contribution >= 4 is 11.8 Å². The average Bonchev–Trinajstić information content (AvgIpc) is 1.99. The SMILES string of the molecule is CC(=O)[C@](N)(CCCN)C(=O)O. The Balaban J connectivity index is 4.40. The summed E-state index contributed by atoms with van der Waals surface area (Å²) < 4.78 is 0. The Hall–Kier alpha value is -0.940. The number of nitrogens with two attached hydrogens (primary N) is 2. The second-order valence-corrected chi connectivity index (χ2v) is 2.72. The maximum atomic E-state index is 10.9. The molecule has 0 saturated carbocycles. The van der Waals surface area contributed by atoms with Crippen LogP contribution >= 0.6 is 0 Å². The molecule has 0 fully saturated rings. The van der Waals surface area contributed by atoms with Crippen molar-refractivity contribution in [2.45, 2.75) is 25.3 Å². The van der Waals surface area contributed by atoms with Crippen LogP contribution in [0, 0.1) is 0 Å². The fourth-order valence-electron chi connectivity index (χ4n) is 0.814. The molecule has 0 bridgehead atoms. The van der Waals surface area contributed by atoms with Crippen molar-refractivity contribution in [3.05, 3.63) is 0 Å². The number of rotatable bonds is 5. The van der Waals surface area contributed by atoms with Crippen LogP contribution in [0.4, 0.5) is 0 Å². The standard InChI is InChI=1S/C7H14N2O3/c1-5(10)7(9,6(11)12)3-2-4-8/h2-4,8-9H2,1H3,(H,11,12)/t7-/m1/s1. The van der Waals surface area contributed by atoms with Crippen LogP contribution in [0.3, 0.4) is 0 Å². The first-order valence-corrected chi connectivity index (χ1v) is 3.68. The molecule has 5 nitrogen and oxygen atoms in total. The lowest BCUT2D eigenvalue weighted by Crippen LogP contribution is -2.54. The first kappa shape index (κ1) is 11.1. The zero-order chi connectivity index (χ0) is 9.78. The summed E-state index contributed by atoms with van der Waals surface area (Å²) in [4.78, 5) is 21.4. The van der Waals surface area contributed by atoms with Gasteiger partial charge in [0.05, 0.1) is 0 Å². The summed E-state index contributed by atoms with van der Waals surface area (Å²) in [7, 11) is 0. The van der Waals surface area contributed by atoms with E-state index in [2.05, 4.69) is 0 Å². The minimum absolute atomic E-state index is 0.0914. The van der Waals surface area contributed by atoms with Gasteiger partial charge in [0.1, 0.15) is 0 Å². The van der Waals surface area contributed by atoms with E-state index in [1.807, 2.05) is 0 Å². The lowest BCUT2D eigenvalue weighted by atomic mass is 9.91. The Labute approximate surface area is 70.7 Å². The van der Waals surface area contributed by atoms with Gasteiger partial charge in [0, 0.05) is 0 Å². The van der Waals surface area contributed by atoms with E-state index in [1.54, 1.807) is 0 Å². The molecule has 12 heavy (non-hydrogen) atoms. The zero-order valence-electron chi connectivity index (χ0n) is 7.04. The third-order valence-electron chi connectivity index (χ3n) is 1.79. The predicted octanol–water partition coefficient (Wildman–Crippen LogP) is -0.904. The summed E-state index contributed by atoms with van der Waals surface area (Å²) in [6.45, 7) is 1.50. The van der Waals surface area contributed by atoms with Crippen LogP contribution in [0.15, 0.2) is 0 Å². The van der Waals surface area contributed by atoms with Gasteiger partial charge in [-0.1, -0.05) is 0 Å². The molecule has 0 radical (unpaired) electrons. The molecule has 70 valence electrons. The van der Waals surface area contributed by atoms with E-state index in [1.165, 1.54) is 6.92 Å². The smallest absolute Gasteiger partial charge is 0.331 e. The highest BCUT2D eigenvalue weighted by Gasteiger charge is 2.38. The van der Waals surface area contributed by atoms with Crippen LogP contribution in [0.1, 0.15) is 19.8 Å². The average molecular weight is 174 g/mol. The number of carboxylic acid groups (broad SMARTS) is 1. The molecule has 0 rings (SSSR count).